The smallest absolute Gasteiger partial charge is 0.240 e. The van der Waals surface area contributed by atoms with Crippen molar-refractivity contribution in [2.24, 2.45) is 5.10 Å². The van der Waals surface area contributed by atoms with Gasteiger partial charge in [0.1, 0.15) is 0 Å². The van der Waals surface area contributed by atoms with Gasteiger partial charge in [-0.1, -0.05) is 43.3 Å². The van der Waals surface area contributed by atoms with Crippen LogP contribution >= 0.6 is 0 Å². The molecule has 0 aliphatic carbocycles. The molecule has 25 heavy (non-hydrogen) atoms. The molecule has 3 rings (SSSR count). The van der Waals surface area contributed by atoms with Crippen LogP contribution in [0, 0.1) is 0 Å². The molecule has 4 heteroatoms. The van der Waals surface area contributed by atoms with Crippen LogP contribution in [0.4, 0.5) is 5.69 Å². The molecule has 0 unspecified atom stereocenters. The van der Waals surface area contributed by atoms with Crippen molar-refractivity contribution < 1.29 is 4.79 Å². The summed E-state index contributed by atoms with van der Waals surface area (Å²) in [7, 11) is 4.04. The van der Waals surface area contributed by atoms with E-state index in [1.807, 2.05) is 14.1 Å². The molecular formula is C21H25N3O. The predicted octanol–water partition coefficient (Wildman–Crippen LogP) is 4.01. The van der Waals surface area contributed by atoms with Crippen LogP contribution < -0.4 is 4.90 Å². The van der Waals surface area contributed by atoms with Crippen LogP contribution in [0.25, 0.3) is 0 Å². The Hall–Kier alpha value is -2.62. The molecule has 0 saturated carbocycles. The number of carbonyl (C=O) groups is 1. The third kappa shape index (κ3) is 3.58. The highest BCUT2D eigenvalue weighted by Crippen LogP contribution is 2.33. The van der Waals surface area contributed by atoms with Gasteiger partial charge in [0.25, 0.3) is 0 Å². The maximum Gasteiger partial charge on any atom is 0.240 e. The Morgan fingerprint density at radius 1 is 1.12 bits per heavy atom. The number of aryl methyl sites for hydroxylation is 1. The molecule has 2 aromatic carbocycles. The van der Waals surface area contributed by atoms with Gasteiger partial charge in [-0.25, -0.2) is 5.01 Å². The van der Waals surface area contributed by atoms with Crippen LogP contribution in [0.3, 0.4) is 0 Å². The van der Waals surface area contributed by atoms with Crippen LogP contribution in [0.5, 0.6) is 0 Å². The molecule has 0 N–H and O–H groups in total. The van der Waals surface area contributed by atoms with E-state index in [1.165, 1.54) is 5.56 Å². The van der Waals surface area contributed by atoms with E-state index in [-0.39, 0.29) is 11.9 Å². The van der Waals surface area contributed by atoms with Crippen molar-refractivity contribution >= 4 is 17.3 Å². The summed E-state index contributed by atoms with van der Waals surface area (Å²) in [5.41, 5.74) is 5.63. The molecule has 2 aromatic rings. The number of hydrogen-bond donors (Lipinski definition) is 0. The maximum absolute atomic E-state index is 12.1. The lowest BCUT2D eigenvalue weighted by Crippen LogP contribution is -2.24. The molecular weight excluding hydrogens is 310 g/mol. The van der Waals surface area contributed by atoms with E-state index in [9.17, 15) is 4.79 Å². The summed E-state index contributed by atoms with van der Waals surface area (Å²) in [4.78, 5) is 14.2. The number of carbonyl (C=O) groups excluding carboxylic acids is 1. The van der Waals surface area contributed by atoms with Gasteiger partial charge in [0.15, 0.2) is 0 Å². The second-order valence-corrected chi connectivity index (χ2v) is 6.67. The first-order valence-electron chi connectivity index (χ1n) is 8.73. The summed E-state index contributed by atoms with van der Waals surface area (Å²) < 4.78 is 0. The average molecular weight is 335 g/mol. The minimum atomic E-state index is -0.0328. The number of anilines is 1. The third-order valence-electron chi connectivity index (χ3n) is 4.72. The van der Waals surface area contributed by atoms with E-state index in [4.69, 9.17) is 0 Å². The highest BCUT2D eigenvalue weighted by Gasteiger charge is 2.31. The number of rotatable bonds is 4. The van der Waals surface area contributed by atoms with Crippen LogP contribution in [-0.2, 0) is 11.2 Å². The van der Waals surface area contributed by atoms with Crippen LogP contribution in [0.1, 0.15) is 43.0 Å². The molecule has 0 spiro atoms. The Bertz CT molecular complexity index is 776. The van der Waals surface area contributed by atoms with Gasteiger partial charge < -0.3 is 4.90 Å². The molecule has 0 aromatic heterocycles. The molecule has 1 amide bonds. The lowest BCUT2D eigenvalue weighted by atomic mass is 9.97. The predicted molar refractivity (Wildman–Crippen MR) is 103 cm³/mol. The van der Waals surface area contributed by atoms with Gasteiger partial charge in [0, 0.05) is 33.1 Å². The zero-order chi connectivity index (χ0) is 18.0. The topological polar surface area (TPSA) is 35.9 Å². The maximum atomic E-state index is 12.1. The van der Waals surface area contributed by atoms with Crippen molar-refractivity contribution in [2.75, 3.05) is 19.0 Å². The summed E-state index contributed by atoms with van der Waals surface area (Å²) in [5, 5.41) is 6.24. The average Bonchev–Trinajstić information content (AvgIpc) is 3.07. The molecule has 0 saturated heterocycles. The van der Waals surface area contributed by atoms with Crippen LogP contribution in [0.2, 0.25) is 0 Å². The fourth-order valence-corrected chi connectivity index (χ4v) is 3.16. The standard InChI is InChI=1S/C21H25N3O/c1-5-16-6-8-17(9-7-16)20-14-21(24(22-20)15(2)25)18-10-12-19(13-11-18)23(3)4/h6-13,21H,5,14H2,1-4H3/t21-/m1/s1. The number of benzene rings is 2. The molecule has 0 bridgehead atoms. The molecule has 0 fully saturated rings. The zero-order valence-electron chi connectivity index (χ0n) is 15.4. The Kier molecular flexibility index (Phi) is 4.88. The number of nitrogens with zero attached hydrogens (tertiary/aromatic N) is 3. The molecule has 1 atom stereocenters. The van der Waals surface area contributed by atoms with E-state index in [1.54, 1.807) is 11.9 Å². The first-order valence-corrected chi connectivity index (χ1v) is 8.73. The number of hydrazone groups is 1. The Morgan fingerprint density at radius 2 is 1.76 bits per heavy atom. The molecule has 1 heterocycles. The number of amides is 1. The van der Waals surface area contributed by atoms with Crippen LogP contribution in [-0.4, -0.2) is 30.7 Å². The number of hydrogen-bond acceptors (Lipinski definition) is 3. The molecule has 0 radical (unpaired) electrons. The SMILES string of the molecule is CCc1ccc(C2=NN(C(C)=O)[C@@H](c3ccc(N(C)C)cc3)C2)cc1. The fraction of sp³-hybridized carbons (Fsp3) is 0.333. The first kappa shape index (κ1) is 17.2. The molecule has 1 aliphatic rings. The Morgan fingerprint density at radius 3 is 2.28 bits per heavy atom. The Labute approximate surface area is 149 Å². The fourth-order valence-electron chi connectivity index (χ4n) is 3.16. The van der Waals surface area contributed by atoms with E-state index < -0.39 is 0 Å². The quantitative estimate of drug-likeness (QED) is 0.846. The van der Waals surface area contributed by atoms with Gasteiger partial charge in [0.05, 0.1) is 11.8 Å². The minimum absolute atomic E-state index is 0.0261. The van der Waals surface area contributed by atoms with Gasteiger partial charge in [0.2, 0.25) is 5.91 Å². The second-order valence-electron chi connectivity index (χ2n) is 6.67. The lowest BCUT2D eigenvalue weighted by molar-refractivity contribution is -0.130. The van der Waals surface area contributed by atoms with Crippen molar-refractivity contribution in [3.8, 4) is 0 Å². The van der Waals surface area contributed by atoms with Crippen molar-refractivity contribution in [2.45, 2.75) is 32.7 Å². The largest absolute Gasteiger partial charge is 0.378 e. The molecule has 1 aliphatic heterocycles. The van der Waals surface area contributed by atoms with Gasteiger partial charge >= 0.3 is 0 Å². The normalized spacial score (nSPS) is 16.7. The summed E-state index contributed by atoms with van der Waals surface area (Å²) in [5.74, 6) is -0.0261. The summed E-state index contributed by atoms with van der Waals surface area (Å²) in [6.07, 6.45) is 1.76. The Balaban J connectivity index is 1.87. The monoisotopic (exact) mass is 335 g/mol. The van der Waals surface area contributed by atoms with Crippen LogP contribution in [0.15, 0.2) is 53.6 Å². The summed E-state index contributed by atoms with van der Waals surface area (Å²) in [6, 6.07) is 16.8. The van der Waals surface area contributed by atoms with Gasteiger partial charge in [-0.3, -0.25) is 4.79 Å². The first-order chi connectivity index (χ1) is 12.0. The third-order valence-corrected chi connectivity index (χ3v) is 4.72. The van der Waals surface area contributed by atoms with E-state index >= 15 is 0 Å². The highest BCUT2D eigenvalue weighted by molar-refractivity contribution is 6.03. The van der Waals surface area contributed by atoms with E-state index in [0.717, 1.165) is 35.4 Å². The highest BCUT2D eigenvalue weighted by atomic mass is 16.2. The molecule has 130 valence electrons. The van der Waals surface area contributed by atoms with E-state index in [2.05, 4.69) is 65.5 Å². The van der Waals surface area contributed by atoms with E-state index in [0.29, 0.717) is 0 Å². The van der Waals surface area contributed by atoms with Crippen molar-refractivity contribution in [3.05, 3.63) is 65.2 Å². The minimum Gasteiger partial charge on any atom is -0.378 e. The van der Waals surface area contributed by atoms with Crippen molar-refractivity contribution in [3.63, 3.8) is 0 Å². The van der Waals surface area contributed by atoms with Gasteiger partial charge in [-0.05, 0) is 35.2 Å². The lowest BCUT2D eigenvalue weighted by Gasteiger charge is -2.21. The molecule has 4 nitrogen and oxygen atoms in total. The van der Waals surface area contributed by atoms with Crippen molar-refractivity contribution in [1.82, 2.24) is 5.01 Å². The second kappa shape index (κ2) is 7.09. The zero-order valence-corrected chi connectivity index (χ0v) is 15.4. The summed E-state index contributed by atoms with van der Waals surface area (Å²) >= 11 is 0. The van der Waals surface area contributed by atoms with Gasteiger partial charge in [-0.15, -0.1) is 0 Å². The van der Waals surface area contributed by atoms with Crippen molar-refractivity contribution in [1.29, 1.82) is 0 Å². The van der Waals surface area contributed by atoms with Gasteiger partial charge in [-0.2, -0.15) is 5.10 Å². The summed E-state index contributed by atoms with van der Waals surface area (Å²) in [6.45, 7) is 3.72.